The van der Waals surface area contributed by atoms with Crippen molar-refractivity contribution >= 4 is 21.6 Å². The first-order valence-electron chi connectivity index (χ1n) is 5.64. The molecule has 0 radical (unpaired) electrons. The van der Waals surface area contributed by atoms with Crippen LogP contribution in [0.4, 0.5) is 10.1 Å². The van der Waals surface area contributed by atoms with Crippen LogP contribution in [0.5, 0.6) is 0 Å². The van der Waals surface area contributed by atoms with E-state index in [1.807, 2.05) is 0 Å². The SMILES string of the molecule is CN1CCC(NS(=O)(=O)c2c(N)cccc2F)C1=O. The molecule has 1 amide bonds. The number of sulfonamides is 1. The van der Waals surface area contributed by atoms with Crippen LogP contribution >= 0.6 is 0 Å². The second kappa shape index (κ2) is 4.78. The molecule has 8 heteroatoms. The van der Waals surface area contributed by atoms with Gasteiger partial charge in [0.1, 0.15) is 16.8 Å². The number of likely N-dealkylation sites (N-methyl/N-ethyl adjacent to an activating group) is 1. The molecule has 1 fully saturated rings. The van der Waals surface area contributed by atoms with Crippen molar-refractivity contribution in [3.63, 3.8) is 0 Å². The second-order valence-electron chi connectivity index (χ2n) is 4.38. The van der Waals surface area contributed by atoms with Crippen molar-refractivity contribution in [1.82, 2.24) is 9.62 Å². The highest BCUT2D eigenvalue weighted by Crippen LogP contribution is 2.22. The molecule has 1 heterocycles. The summed E-state index contributed by atoms with van der Waals surface area (Å²) in [6.07, 6.45) is 0.350. The average molecular weight is 287 g/mol. The third kappa shape index (κ3) is 2.54. The highest BCUT2D eigenvalue weighted by atomic mass is 32.2. The molecule has 1 aliphatic rings. The predicted molar refractivity (Wildman–Crippen MR) is 67.2 cm³/mol. The van der Waals surface area contributed by atoms with Crippen LogP contribution in [0.15, 0.2) is 23.1 Å². The molecule has 0 aromatic heterocycles. The van der Waals surface area contributed by atoms with Crippen molar-refractivity contribution in [2.75, 3.05) is 19.3 Å². The van der Waals surface area contributed by atoms with Crippen molar-refractivity contribution in [3.05, 3.63) is 24.0 Å². The fraction of sp³-hybridized carbons (Fsp3) is 0.364. The lowest BCUT2D eigenvalue weighted by atomic mass is 10.3. The first-order chi connectivity index (χ1) is 8.83. The summed E-state index contributed by atoms with van der Waals surface area (Å²) in [5, 5.41) is 0. The summed E-state index contributed by atoms with van der Waals surface area (Å²) >= 11 is 0. The Bertz CT molecular complexity index is 597. The molecule has 1 unspecified atom stereocenters. The minimum Gasteiger partial charge on any atom is -0.398 e. The summed E-state index contributed by atoms with van der Waals surface area (Å²) in [6.45, 7) is 0.457. The number of nitrogens with zero attached hydrogens (tertiary/aromatic N) is 1. The zero-order chi connectivity index (χ0) is 14.2. The summed E-state index contributed by atoms with van der Waals surface area (Å²) in [7, 11) is -2.58. The number of nitrogens with one attached hydrogen (secondary N) is 1. The molecule has 1 atom stereocenters. The van der Waals surface area contributed by atoms with Gasteiger partial charge in [0.15, 0.2) is 0 Å². The standard InChI is InChI=1S/C11H14FN3O3S/c1-15-6-5-9(11(15)16)14-19(17,18)10-7(12)3-2-4-8(10)13/h2-4,9,14H,5-6,13H2,1H3. The van der Waals surface area contributed by atoms with E-state index < -0.39 is 26.8 Å². The van der Waals surface area contributed by atoms with Gasteiger partial charge in [0.05, 0.1) is 5.69 Å². The van der Waals surface area contributed by atoms with Crippen molar-refractivity contribution < 1.29 is 17.6 Å². The van der Waals surface area contributed by atoms with Gasteiger partial charge in [0.25, 0.3) is 0 Å². The number of carbonyl (C=O) groups excluding carboxylic acids is 1. The van der Waals surface area contributed by atoms with Gasteiger partial charge in [-0.1, -0.05) is 6.07 Å². The van der Waals surface area contributed by atoms with E-state index in [1.165, 1.54) is 17.0 Å². The van der Waals surface area contributed by atoms with Gasteiger partial charge in [-0.3, -0.25) is 4.79 Å². The fourth-order valence-corrected chi connectivity index (χ4v) is 3.40. The highest BCUT2D eigenvalue weighted by molar-refractivity contribution is 7.89. The minimum absolute atomic E-state index is 0.189. The molecule has 2 rings (SSSR count). The summed E-state index contributed by atoms with van der Waals surface area (Å²) in [4.78, 5) is 12.5. The molecule has 0 saturated carbocycles. The fourth-order valence-electron chi connectivity index (χ4n) is 1.99. The van der Waals surface area contributed by atoms with E-state index in [0.29, 0.717) is 13.0 Å². The van der Waals surface area contributed by atoms with E-state index in [4.69, 9.17) is 5.73 Å². The number of nitrogen functional groups attached to an aromatic ring is 1. The summed E-state index contributed by atoms with van der Waals surface area (Å²) in [5.41, 5.74) is 5.30. The third-order valence-corrected chi connectivity index (χ3v) is 4.55. The van der Waals surface area contributed by atoms with E-state index in [-0.39, 0.29) is 11.6 Å². The molecule has 104 valence electrons. The van der Waals surface area contributed by atoms with E-state index >= 15 is 0 Å². The van der Waals surface area contributed by atoms with Crippen LogP contribution in [0.25, 0.3) is 0 Å². The molecule has 3 N–H and O–H groups in total. The number of rotatable bonds is 3. The first-order valence-corrected chi connectivity index (χ1v) is 7.12. The highest BCUT2D eigenvalue weighted by Gasteiger charge is 2.34. The van der Waals surface area contributed by atoms with Gasteiger partial charge in [-0.05, 0) is 18.6 Å². The van der Waals surface area contributed by atoms with Gasteiger partial charge in [0, 0.05) is 13.6 Å². The molecular weight excluding hydrogens is 273 g/mol. The van der Waals surface area contributed by atoms with Crippen LogP contribution < -0.4 is 10.5 Å². The Morgan fingerprint density at radius 2 is 2.16 bits per heavy atom. The number of nitrogens with two attached hydrogens (primary N) is 1. The number of amides is 1. The van der Waals surface area contributed by atoms with E-state index in [9.17, 15) is 17.6 Å². The van der Waals surface area contributed by atoms with E-state index in [1.54, 1.807) is 7.05 Å². The lowest BCUT2D eigenvalue weighted by Crippen LogP contribution is -2.41. The van der Waals surface area contributed by atoms with Crippen molar-refractivity contribution in [2.45, 2.75) is 17.4 Å². The number of benzene rings is 1. The average Bonchev–Trinajstić information content (AvgIpc) is 2.60. The number of carbonyl (C=O) groups is 1. The number of hydrogen-bond acceptors (Lipinski definition) is 4. The molecule has 1 saturated heterocycles. The predicted octanol–water partition coefficient (Wildman–Crippen LogP) is -0.0831. The van der Waals surface area contributed by atoms with Gasteiger partial charge < -0.3 is 10.6 Å². The number of halogens is 1. The number of likely N-dealkylation sites (tertiary alicyclic amines) is 1. The zero-order valence-electron chi connectivity index (χ0n) is 10.3. The quantitative estimate of drug-likeness (QED) is 0.760. The van der Waals surface area contributed by atoms with Gasteiger partial charge in [-0.25, -0.2) is 12.8 Å². The van der Waals surface area contributed by atoms with Crippen LogP contribution in [-0.2, 0) is 14.8 Å². The Morgan fingerprint density at radius 1 is 1.47 bits per heavy atom. The third-order valence-electron chi connectivity index (χ3n) is 2.99. The maximum Gasteiger partial charge on any atom is 0.246 e. The normalized spacial score (nSPS) is 20.0. The van der Waals surface area contributed by atoms with Gasteiger partial charge in [0.2, 0.25) is 15.9 Å². The first kappa shape index (κ1) is 13.8. The zero-order valence-corrected chi connectivity index (χ0v) is 11.1. The molecule has 1 aromatic carbocycles. The molecule has 0 bridgehead atoms. The van der Waals surface area contributed by atoms with Crippen LogP contribution in [0.1, 0.15) is 6.42 Å². The lowest BCUT2D eigenvalue weighted by molar-refractivity contribution is -0.127. The molecule has 0 aliphatic carbocycles. The van der Waals surface area contributed by atoms with Crippen LogP contribution in [-0.4, -0.2) is 38.9 Å². The molecule has 1 aromatic rings. The summed E-state index contributed by atoms with van der Waals surface area (Å²) < 4.78 is 40.0. The Hall–Kier alpha value is -1.67. The lowest BCUT2D eigenvalue weighted by Gasteiger charge is -2.14. The summed E-state index contributed by atoms with van der Waals surface area (Å²) in [5.74, 6) is -1.27. The van der Waals surface area contributed by atoms with Crippen LogP contribution in [0, 0.1) is 5.82 Å². The van der Waals surface area contributed by atoms with Crippen LogP contribution in [0.3, 0.4) is 0 Å². The Labute approximate surface area is 110 Å². The molecule has 1 aliphatic heterocycles. The minimum atomic E-state index is -4.16. The van der Waals surface area contributed by atoms with Gasteiger partial charge in [-0.2, -0.15) is 4.72 Å². The topological polar surface area (TPSA) is 92.5 Å². The molecule has 0 spiro atoms. The smallest absolute Gasteiger partial charge is 0.246 e. The van der Waals surface area contributed by atoms with E-state index in [0.717, 1.165) is 6.07 Å². The maximum absolute atomic E-state index is 13.6. The Morgan fingerprint density at radius 3 is 2.68 bits per heavy atom. The monoisotopic (exact) mass is 287 g/mol. The maximum atomic E-state index is 13.6. The van der Waals surface area contributed by atoms with Crippen molar-refractivity contribution in [3.8, 4) is 0 Å². The number of anilines is 1. The Kier molecular flexibility index (Phi) is 3.46. The molecular formula is C11H14FN3O3S. The molecule has 6 nitrogen and oxygen atoms in total. The van der Waals surface area contributed by atoms with Crippen molar-refractivity contribution in [2.24, 2.45) is 0 Å². The van der Waals surface area contributed by atoms with Crippen LogP contribution in [0.2, 0.25) is 0 Å². The van der Waals surface area contributed by atoms with Gasteiger partial charge in [-0.15, -0.1) is 0 Å². The van der Waals surface area contributed by atoms with Crippen molar-refractivity contribution in [1.29, 1.82) is 0 Å². The number of hydrogen-bond donors (Lipinski definition) is 2. The summed E-state index contributed by atoms with van der Waals surface area (Å²) in [6, 6.07) is 2.75. The second-order valence-corrected chi connectivity index (χ2v) is 6.03. The Balaban J connectivity index is 2.31. The molecule has 19 heavy (non-hydrogen) atoms. The van der Waals surface area contributed by atoms with E-state index in [2.05, 4.69) is 4.72 Å². The largest absolute Gasteiger partial charge is 0.398 e. The van der Waals surface area contributed by atoms with Gasteiger partial charge >= 0.3 is 0 Å².